The third kappa shape index (κ3) is 4.25. The van der Waals surface area contributed by atoms with Crippen LogP contribution in [-0.4, -0.2) is 17.6 Å². The number of ether oxygens (including phenoxy) is 1. The second-order valence-electron chi connectivity index (χ2n) is 6.88. The normalized spacial score (nSPS) is 15.8. The molecule has 2 rings (SSSR count). The van der Waals surface area contributed by atoms with Crippen molar-refractivity contribution in [3.8, 4) is 5.75 Å². The minimum atomic E-state index is -0.424. The summed E-state index contributed by atoms with van der Waals surface area (Å²) in [5.74, 6) is 0.795. The van der Waals surface area contributed by atoms with Crippen LogP contribution in [0, 0.1) is 0 Å². The van der Waals surface area contributed by atoms with Gasteiger partial charge in [0.15, 0.2) is 6.10 Å². The van der Waals surface area contributed by atoms with Crippen LogP contribution in [0.1, 0.15) is 64.5 Å². The molecule has 1 atom stereocenters. The third-order valence-corrected chi connectivity index (χ3v) is 4.61. The zero-order chi connectivity index (χ0) is 16.2. The Hall–Kier alpha value is -1.51. The number of aryl methyl sites for hydroxylation is 2. The van der Waals surface area contributed by atoms with Gasteiger partial charge in [-0.1, -0.05) is 19.9 Å². The van der Waals surface area contributed by atoms with Crippen LogP contribution in [0.5, 0.6) is 5.75 Å². The number of fused-ring (bicyclic) bond motifs is 1. The molecule has 3 nitrogen and oxygen atoms in total. The van der Waals surface area contributed by atoms with E-state index in [-0.39, 0.29) is 11.4 Å². The summed E-state index contributed by atoms with van der Waals surface area (Å²) in [6, 6.07) is 6.28. The molecule has 0 spiro atoms. The van der Waals surface area contributed by atoms with E-state index in [1.807, 2.05) is 26.8 Å². The molecule has 0 saturated carbocycles. The van der Waals surface area contributed by atoms with Crippen LogP contribution in [0.3, 0.4) is 0 Å². The lowest BCUT2D eigenvalue weighted by Gasteiger charge is -2.27. The number of carbonyl (C=O) groups excluding carboxylic acids is 1. The first-order chi connectivity index (χ1) is 10.4. The fourth-order valence-electron chi connectivity index (χ4n) is 2.77. The molecular weight excluding hydrogens is 274 g/mol. The van der Waals surface area contributed by atoms with Gasteiger partial charge in [0.05, 0.1) is 0 Å². The highest BCUT2D eigenvalue weighted by Crippen LogP contribution is 2.26. The molecule has 0 fully saturated rings. The summed E-state index contributed by atoms with van der Waals surface area (Å²) >= 11 is 0. The SMILES string of the molecule is CC[C@H](Oc1ccc2c(c1)CCCC2)C(=O)NC(C)(C)CC. The second-order valence-corrected chi connectivity index (χ2v) is 6.88. The molecule has 0 aliphatic heterocycles. The van der Waals surface area contributed by atoms with Gasteiger partial charge in [-0.25, -0.2) is 0 Å². The van der Waals surface area contributed by atoms with Gasteiger partial charge < -0.3 is 10.1 Å². The average Bonchev–Trinajstić information content (AvgIpc) is 2.52. The van der Waals surface area contributed by atoms with Gasteiger partial charge in [0.1, 0.15) is 5.75 Å². The van der Waals surface area contributed by atoms with Crippen LogP contribution < -0.4 is 10.1 Å². The molecule has 0 heterocycles. The molecule has 1 aliphatic rings. The second kappa shape index (κ2) is 7.17. The minimum Gasteiger partial charge on any atom is -0.481 e. The molecule has 0 unspecified atom stereocenters. The lowest BCUT2D eigenvalue weighted by molar-refractivity contribution is -0.129. The van der Waals surface area contributed by atoms with Gasteiger partial charge in [-0.05, 0) is 75.6 Å². The zero-order valence-electron chi connectivity index (χ0n) is 14.4. The standard InChI is InChI=1S/C19H29NO2/c1-5-17(18(21)20-19(3,4)6-2)22-16-12-11-14-9-7-8-10-15(14)13-16/h11-13,17H,5-10H2,1-4H3,(H,20,21)/t17-/m0/s1. The van der Waals surface area contributed by atoms with E-state index < -0.39 is 6.10 Å². The smallest absolute Gasteiger partial charge is 0.261 e. The molecule has 22 heavy (non-hydrogen) atoms. The van der Waals surface area contributed by atoms with E-state index >= 15 is 0 Å². The topological polar surface area (TPSA) is 38.3 Å². The van der Waals surface area contributed by atoms with E-state index in [0.29, 0.717) is 6.42 Å². The van der Waals surface area contributed by atoms with Crippen LogP contribution in [0.4, 0.5) is 0 Å². The molecule has 0 bridgehead atoms. The Balaban J connectivity index is 2.05. The van der Waals surface area contributed by atoms with E-state index in [2.05, 4.69) is 24.4 Å². The van der Waals surface area contributed by atoms with Crippen molar-refractivity contribution in [3.63, 3.8) is 0 Å². The first-order valence-electron chi connectivity index (χ1n) is 8.55. The summed E-state index contributed by atoms with van der Waals surface area (Å²) in [5, 5.41) is 3.08. The van der Waals surface area contributed by atoms with E-state index in [1.165, 1.54) is 24.0 Å². The Kier molecular flexibility index (Phi) is 5.49. The highest BCUT2D eigenvalue weighted by atomic mass is 16.5. The average molecular weight is 303 g/mol. The largest absolute Gasteiger partial charge is 0.481 e. The summed E-state index contributed by atoms with van der Waals surface area (Å²) in [4.78, 5) is 12.4. The molecule has 1 aromatic rings. The van der Waals surface area contributed by atoms with Crippen molar-refractivity contribution in [2.24, 2.45) is 0 Å². The van der Waals surface area contributed by atoms with Gasteiger partial charge in [0.2, 0.25) is 0 Å². The van der Waals surface area contributed by atoms with Crippen molar-refractivity contribution in [2.75, 3.05) is 0 Å². The number of nitrogens with one attached hydrogen (secondary N) is 1. The molecule has 1 aromatic carbocycles. The van der Waals surface area contributed by atoms with Crippen LogP contribution in [0.15, 0.2) is 18.2 Å². The van der Waals surface area contributed by atoms with Crippen molar-refractivity contribution in [3.05, 3.63) is 29.3 Å². The first-order valence-corrected chi connectivity index (χ1v) is 8.55. The zero-order valence-corrected chi connectivity index (χ0v) is 14.4. The Morgan fingerprint density at radius 2 is 1.91 bits per heavy atom. The highest BCUT2D eigenvalue weighted by molar-refractivity contribution is 5.81. The van der Waals surface area contributed by atoms with E-state index in [4.69, 9.17) is 4.74 Å². The maximum Gasteiger partial charge on any atom is 0.261 e. The van der Waals surface area contributed by atoms with Crippen molar-refractivity contribution in [1.82, 2.24) is 5.32 Å². The number of hydrogen-bond acceptors (Lipinski definition) is 2. The number of rotatable bonds is 6. The maximum absolute atomic E-state index is 12.4. The third-order valence-electron chi connectivity index (χ3n) is 4.61. The molecule has 0 radical (unpaired) electrons. The van der Waals surface area contributed by atoms with Gasteiger partial charge in [0, 0.05) is 5.54 Å². The predicted octanol–water partition coefficient (Wildman–Crippen LogP) is 4.03. The van der Waals surface area contributed by atoms with Gasteiger partial charge >= 0.3 is 0 Å². The van der Waals surface area contributed by atoms with Crippen LogP contribution >= 0.6 is 0 Å². The number of benzene rings is 1. The molecule has 1 N–H and O–H groups in total. The summed E-state index contributed by atoms with van der Waals surface area (Å²) in [6.45, 7) is 8.14. The quantitative estimate of drug-likeness (QED) is 0.861. The molecule has 1 aliphatic carbocycles. The van der Waals surface area contributed by atoms with Crippen LogP contribution in [0.25, 0.3) is 0 Å². The number of carbonyl (C=O) groups is 1. The van der Waals surface area contributed by atoms with Crippen molar-refractivity contribution >= 4 is 5.91 Å². The van der Waals surface area contributed by atoms with E-state index in [1.54, 1.807) is 0 Å². The van der Waals surface area contributed by atoms with Gasteiger partial charge in [-0.3, -0.25) is 4.79 Å². The molecule has 122 valence electrons. The molecule has 0 saturated heterocycles. The Morgan fingerprint density at radius 1 is 1.23 bits per heavy atom. The fraction of sp³-hybridized carbons (Fsp3) is 0.632. The lowest BCUT2D eigenvalue weighted by atomic mass is 9.92. The summed E-state index contributed by atoms with van der Waals surface area (Å²) in [6.07, 6.45) is 5.96. The number of hydrogen-bond donors (Lipinski definition) is 1. The van der Waals surface area contributed by atoms with Crippen molar-refractivity contribution < 1.29 is 9.53 Å². The van der Waals surface area contributed by atoms with E-state index in [0.717, 1.165) is 25.0 Å². The summed E-state index contributed by atoms with van der Waals surface area (Å²) in [7, 11) is 0. The summed E-state index contributed by atoms with van der Waals surface area (Å²) in [5.41, 5.74) is 2.63. The van der Waals surface area contributed by atoms with Crippen LogP contribution in [0.2, 0.25) is 0 Å². The fourth-order valence-corrected chi connectivity index (χ4v) is 2.77. The molecule has 0 aromatic heterocycles. The van der Waals surface area contributed by atoms with Gasteiger partial charge in [0.25, 0.3) is 5.91 Å². The van der Waals surface area contributed by atoms with Crippen LogP contribution in [-0.2, 0) is 17.6 Å². The number of amides is 1. The monoisotopic (exact) mass is 303 g/mol. The van der Waals surface area contributed by atoms with Gasteiger partial charge in [-0.15, -0.1) is 0 Å². The predicted molar refractivity (Wildman–Crippen MR) is 90.3 cm³/mol. The Labute approximate surface area is 134 Å². The van der Waals surface area contributed by atoms with Crippen molar-refractivity contribution in [1.29, 1.82) is 0 Å². The lowest BCUT2D eigenvalue weighted by Crippen LogP contribution is -2.48. The molecular formula is C19H29NO2. The maximum atomic E-state index is 12.4. The first kappa shape index (κ1) is 16.9. The minimum absolute atomic E-state index is 0.0212. The highest BCUT2D eigenvalue weighted by Gasteiger charge is 2.25. The van der Waals surface area contributed by atoms with E-state index in [9.17, 15) is 4.79 Å². The molecule has 3 heteroatoms. The molecule has 1 amide bonds. The Morgan fingerprint density at radius 3 is 2.55 bits per heavy atom. The van der Waals surface area contributed by atoms with Gasteiger partial charge in [-0.2, -0.15) is 0 Å². The summed E-state index contributed by atoms with van der Waals surface area (Å²) < 4.78 is 5.97. The Bertz CT molecular complexity index is 522. The van der Waals surface area contributed by atoms with Crippen molar-refractivity contribution in [2.45, 2.75) is 77.9 Å².